The van der Waals surface area contributed by atoms with Crippen LogP contribution in [0.2, 0.25) is 0 Å². The Kier molecular flexibility index (Phi) is 5.21. The van der Waals surface area contributed by atoms with E-state index in [4.69, 9.17) is 11.5 Å². The van der Waals surface area contributed by atoms with E-state index in [1.165, 1.54) is 18.1 Å². The van der Waals surface area contributed by atoms with E-state index < -0.39 is 29.7 Å². The van der Waals surface area contributed by atoms with Gasteiger partial charge in [-0.2, -0.15) is 5.10 Å². The highest BCUT2D eigenvalue weighted by Crippen LogP contribution is 2.36. The Morgan fingerprint density at radius 3 is 2.90 bits per heavy atom. The molecule has 8 nitrogen and oxygen atoms in total. The highest BCUT2D eigenvalue weighted by atomic mass is 19.3. The zero-order valence-corrected chi connectivity index (χ0v) is 16.7. The molecule has 1 saturated carbocycles. The number of amides is 1. The van der Waals surface area contributed by atoms with E-state index in [1.54, 1.807) is 28.9 Å². The van der Waals surface area contributed by atoms with Gasteiger partial charge in [0, 0.05) is 19.7 Å². The number of anilines is 3. The first kappa shape index (κ1) is 20.9. The van der Waals surface area contributed by atoms with E-state index >= 15 is 0 Å². The molecule has 3 aromatic heterocycles. The minimum Gasteiger partial charge on any atom is -0.365 e. The number of carbonyl (C=O) groups excluding carboxylic acids is 1. The molecule has 0 bridgehead atoms. The zero-order chi connectivity index (χ0) is 22.3. The molecule has 1 fully saturated rings. The maximum Gasteiger partial charge on any atom is 0.264 e. The lowest BCUT2D eigenvalue weighted by atomic mass is 9.86. The van der Waals surface area contributed by atoms with Crippen LogP contribution in [-0.2, 0) is 0 Å². The number of primary amides is 1. The Balaban J connectivity index is 1.74. The molecule has 4 rings (SSSR count). The quantitative estimate of drug-likeness (QED) is 0.570. The van der Waals surface area contributed by atoms with Gasteiger partial charge >= 0.3 is 0 Å². The van der Waals surface area contributed by atoms with Gasteiger partial charge in [-0.1, -0.05) is 6.07 Å². The van der Waals surface area contributed by atoms with E-state index in [9.17, 15) is 18.0 Å². The number of alkyl halides is 2. The predicted octanol–water partition coefficient (Wildman–Crippen LogP) is 2.66. The average Bonchev–Trinajstić information content (AvgIpc) is 3.13. The molecule has 0 radical (unpaired) electrons. The van der Waals surface area contributed by atoms with Gasteiger partial charge in [0.05, 0.1) is 35.0 Å². The smallest absolute Gasteiger partial charge is 0.264 e. The lowest BCUT2D eigenvalue weighted by Crippen LogP contribution is -2.58. The Morgan fingerprint density at radius 2 is 2.16 bits per heavy atom. The summed E-state index contributed by atoms with van der Waals surface area (Å²) in [6.07, 6.45) is 3.56. The summed E-state index contributed by atoms with van der Waals surface area (Å²) >= 11 is 0. The fraction of sp³-hybridized carbons (Fsp3) is 0.350. The van der Waals surface area contributed by atoms with Crippen LogP contribution >= 0.6 is 0 Å². The topological polar surface area (TPSA) is 115 Å². The minimum atomic E-state index is -3.06. The van der Waals surface area contributed by atoms with Crippen molar-refractivity contribution in [2.24, 2.45) is 11.5 Å². The van der Waals surface area contributed by atoms with Crippen molar-refractivity contribution < 1.29 is 18.0 Å². The summed E-state index contributed by atoms with van der Waals surface area (Å²) in [5.74, 6) is -5.02. The maximum atomic E-state index is 14.9. The van der Waals surface area contributed by atoms with Crippen molar-refractivity contribution in [2.45, 2.75) is 37.3 Å². The number of hydrogen-bond donors (Lipinski definition) is 3. The molecule has 1 amide bonds. The number of nitrogens with one attached hydrogen (secondary N) is 1. The first-order chi connectivity index (χ1) is 14.7. The SMILES string of the molecule is CN(c1nc(Nc2cnn3ccccc23)c(C(N)=O)cc1F)[C@@H]1CCCC(F)(F)[C@@H]1N. The molecular formula is C20H22F3N7O. The monoisotopic (exact) mass is 433 g/mol. The van der Waals surface area contributed by atoms with Gasteiger partial charge in [0.2, 0.25) is 0 Å². The summed E-state index contributed by atoms with van der Waals surface area (Å²) in [6, 6.07) is 4.04. The van der Waals surface area contributed by atoms with Crippen LogP contribution in [0.5, 0.6) is 0 Å². The Hall–Kier alpha value is -3.34. The highest BCUT2D eigenvalue weighted by Gasteiger charge is 2.46. The molecule has 164 valence electrons. The third-order valence-electron chi connectivity index (χ3n) is 5.65. The lowest BCUT2D eigenvalue weighted by molar-refractivity contribution is -0.0585. The third kappa shape index (κ3) is 3.76. The number of aromatic nitrogens is 3. The number of nitrogens with two attached hydrogens (primary N) is 2. The average molecular weight is 433 g/mol. The van der Waals surface area contributed by atoms with Gasteiger partial charge < -0.3 is 21.7 Å². The van der Waals surface area contributed by atoms with Crippen LogP contribution in [0.25, 0.3) is 5.52 Å². The van der Waals surface area contributed by atoms with E-state index in [1.807, 2.05) is 0 Å². The van der Waals surface area contributed by atoms with Gasteiger partial charge in [-0.3, -0.25) is 4.79 Å². The van der Waals surface area contributed by atoms with Gasteiger partial charge in [0.1, 0.15) is 5.82 Å². The molecule has 0 aromatic carbocycles. The Morgan fingerprint density at radius 1 is 1.39 bits per heavy atom. The van der Waals surface area contributed by atoms with Crippen molar-refractivity contribution in [1.29, 1.82) is 0 Å². The molecule has 0 aliphatic heterocycles. The van der Waals surface area contributed by atoms with Crippen LogP contribution < -0.4 is 21.7 Å². The molecule has 0 saturated heterocycles. The van der Waals surface area contributed by atoms with E-state index in [2.05, 4.69) is 15.4 Å². The summed E-state index contributed by atoms with van der Waals surface area (Å²) in [5.41, 5.74) is 12.2. The molecule has 3 aromatic rings. The second-order valence-electron chi connectivity index (χ2n) is 7.63. The van der Waals surface area contributed by atoms with E-state index in [0.29, 0.717) is 17.6 Å². The number of carbonyl (C=O) groups is 1. The Bertz CT molecular complexity index is 1130. The second-order valence-corrected chi connectivity index (χ2v) is 7.63. The number of likely N-dealkylation sites (N-methyl/N-ethyl adjacent to an activating group) is 1. The molecule has 31 heavy (non-hydrogen) atoms. The van der Waals surface area contributed by atoms with Crippen molar-refractivity contribution in [3.05, 3.63) is 48.0 Å². The lowest BCUT2D eigenvalue weighted by Gasteiger charge is -2.41. The molecular weight excluding hydrogens is 411 g/mol. The summed E-state index contributed by atoms with van der Waals surface area (Å²) < 4.78 is 44.7. The summed E-state index contributed by atoms with van der Waals surface area (Å²) in [7, 11) is 1.46. The first-order valence-electron chi connectivity index (χ1n) is 9.75. The van der Waals surface area contributed by atoms with Crippen LogP contribution in [0.4, 0.5) is 30.5 Å². The first-order valence-corrected chi connectivity index (χ1v) is 9.75. The molecule has 3 heterocycles. The van der Waals surface area contributed by atoms with Gasteiger partial charge in [-0.05, 0) is 31.0 Å². The van der Waals surface area contributed by atoms with Gasteiger partial charge in [0.25, 0.3) is 11.8 Å². The number of pyridine rings is 2. The van der Waals surface area contributed by atoms with Crippen molar-refractivity contribution in [3.63, 3.8) is 0 Å². The van der Waals surface area contributed by atoms with Crippen molar-refractivity contribution in [1.82, 2.24) is 14.6 Å². The zero-order valence-electron chi connectivity index (χ0n) is 16.7. The molecule has 5 N–H and O–H groups in total. The van der Waals surface area contributed by atoms with Crippen LogP contribution in [0.15, 0.2) is 36.7 Å². The summed E-state index contributed by atoms with van der Waals surface area (Å²) in [5, 5.41) is 7.15. The molecule has 11 heteroatoms. The number of halogens is 3. The normalized spacial score (nSPS) is 20.5. The third-order valence-corrected chi connectivity index (χ3v) is 5.65. The minimum absolute atomic E-state index is 0.00866. The van der Waals surface area contributed by atoms with Gasteiger partial charge in [-0.25, -0.2) is 22.7 Å². The summed E-state index contributed by atoms with van der Waals surface area (Å²) in [4.78, 5) is 17.4. The number of hydrogen-bond acceptors (Lipinski definition) is 6. The number of rotatable bonds is 5. The fourth-order valence-corrected chi connectivity index (χ4v) is 3.93. The summed E-state index contributed by atoms with van der Waals surface area (Å²) in [6.45, 7) is 0. The highest BCUT2D eigenvalue weighted by molar-refractivity contribution is 5.99. The fourth-order valence-electron chi connectivity index (χ4n) is 3.93. The van der Waals surface area contributed by atoms with Crippen molar-refractivity contribution in [3.8, 4) is 0 Å². The van der Waals surface area contributed by atoms with Crippen molar-refractivity contribution >= 4 is 28.7 Å². The van der Waals surface area contributed by atoms with Crippen LogP contribution in [0, 0.1) is 5.82 Å². The van der Waals surface area contributed by atoms with Crippen LogP contribution in [-0.4, -0.2) is 45.6 Å². The van der Waals surface area contributed by atoms with E-state index in [0.717, 1.165) is 6.07 Å². The standard InChI is InChI=1S/C20H22F3N7O/c1-29(15-6-4-7-20(22,23)16(15)24)19-12(21)9-11(17(25)31)18(28-19)27-13-10-26-30-8-3-2-5-14(13)30/h2-3,5,8-10,15-16H,4,6-7,24H2,1H3,(H2,25,31)(H,27,28)/t15-,16-/m1/s1. The number of fused-ring (bicyclic) bond motifs is 1. The van der Waals surface area contributed by atoms with E-state index in [-0.39, 0.29) is 30.0 Å². The molecule has 0 spiro atoms. The maximum absolute atomic E-state index is 14.9. The largest absolute Gasteiger partial charge is 0.365 e. The second kappa shape index (κ2) is 7.73. The predicted molar refractivity (Wildman–Crippen MR) is 110 cm³/mol. The molecule has 1 aliphatic carbocycles. The Labute approximate surface area is 176 Å². The van der Waals surface area contributed by atoms with Crippen LogP contribution in [0.1, 0.15) is 29.6 Å². The van der Waals surface area contributed by atoms with Gasteiger partial charge in [0.15, 0.2) is 11.6 Å². The van der Waals surface area contributed by atoms with Gasteiger partial charge in [-0.15, -0.1) is 0 Å². The van der Waals surface area contributed by atoms with Crippen LogP contribution in [0.3, 0.4) is 0 Å². The molecule has 0 unspecified atom stereocenters. The van der Waals surface area contributed by atoms with Crippen molar-refractivity contribution in [2.75, 3.05) is 17.3 Å². The molecule has 1 aliphatic rings. The molecule has 2 atom stereocenters. The number of nitrogens with zero attached hydrogens (tertiary/aromatic N) is 4.